The first-order valence-electron chi connectivity index (χ1n) is 8.41. The molecule has 1 saturated heterocycles. The fourth-order valence-electron chi connectivity index (χ4n) is 3.02. The highest BCUT2D eigenvalue weighted by Gasteiger charge is 2.42. The zero-order valence-corrected chi connectivity index (χ0v) is 14.4. The molecule has 136 valence electrons. The number of hydrogen-bond acceptors (Lipinski definition) is 3. The van der Waals surface area contributed by atoms with E-state index in [1.165, 1.54) is 12.1 Å². The number of halogens is 1. The number of amides is 1. The minimum absolute atomic E-state index is 0.150. The molecule has 0 radical (unpaired) electrons. The summed E-state index contributed by atoms with van der Waals surface area (Å²) in [6, 6.07) is 11.9. The van der Waals surface area contributed by atoms with Crippen LogP contribution in [0, 0.1) is 12.7 Å². The summed E-state index contributed by atoms with van der Waals surface area (Å²) in [6.45, 7) is 2.44. The summed E-state index contributed by atoms with van der Waals surface area (Å²) >= 11 is 0. The van der Waals surface area contributed by atoms with Crippen LogP contribution in [0.15, 0.2) is 42.5 Å². The standard InChI is InChI=1S/C20H20FNO4/c1-13-2-4-14(5-3-13)15-6-7-16(17(21)12-15)18(23)22-20(19(24)25)8-10-26-11-9-20/h2-7,12H,8-11H2,1H3,(H,22,23)(H,24,25). The van der Waals surface area contributed by atoms with Crippen LogP contribution in [0.25, 0.3) is 11.1 Å². The van der Waals surface area contributed by atoms with Crippen LogP contribution in [0.5, 0.6) is 0 Å². The zero-order chi connectivity index (χ0) is 18.7. The van der Waals surface area contributed by atoms with Crippen LogP contribution in [-0.2, 0) is 9.53 Å². The highest BCUT2D eigenvalue weighted by atomic mass is 19.1. The Morgan fingerprint density at radius 2 is 1.69 bits per heavy atom. The van der Waals surface area contributed by atoms with Crippen molar-refractivity contribution in [2.45, 2.75) is 25.3 Å². The third kappa shape index (κ3) is 3.60. The van der Waals surface area contributed by atoms with Crippen molar-refractivity contribution in [3.8, 4) is 11.1 Å². The molecule has 26 heavy (non-hydrogen) atoms. The molecule has 1 aliphatic rings. The maximum atomic E-state index is 14.5. The fourth-order valence-corrected chi connectivity index (χ4v) is 3.02. The SMILES string of the molecule is Cc1ccc(-c2ccc(C(=O)NC3(C(=O)O)CCOCC3)c(F)c2)cc1. The van der Waals surface area contributed by atoms with Crippen molar-refractivity contribution < 1.29 is 23.8 Å². The maximum absolute atomic E-state index is 14.5. The van der Waals surface area contributed by atoms with E-state index in [4.69, 9.17) is 4.74 Å². The van der Waals surface area contributed by atoms with Crippen molar-refractivity contribution in [3.05, 3.63) is 59.4 Å². The quantitative estimate of drug-likeness (QED) is 0.881. The van der Waals surface area contributed by atoms with Gasteiger partial charge in [0, 0.05) is 26.1 Å². The van der Waals surface area contributed by atoms with Crippen LogP contribution in [0.3, 0.4) is 0 Å². The van der Waals surface area contributed by atoms with Gasteiger partial charge in [-0.15, -0.1) is 0 Å². The van der Waals surface area contributed by atoms with Gasteiger partial charge in [0.1, 0.15) is 11.4 Å². The van der Waals surface area contributed by atoms with Gasteiger partial charge in [-0.1, -0.05) is 35.9 Å². The second kappa shape index (κ2) is 7.25. The van der Waals surface area contributed by atoms with E-state index in [1.807, 2.05) is 31.2 Å². The predicted molar refractivity (Wildman–Crippen MR) is 94.5 cm³/mol. The Morgan fingerprint density at radius 3 is 2.27 bits per heavy atom. The van der Waals surface area contributed by atoms with Crippen molar-refractivity contribution in [3.63, 3.8) is 0 Å². The molecule has 6 heteroatoms. The van der Waals surface area contributed by atoms with Crippen LogP contribution in [-0.4, -0.2) is 35.7 Å². The largest absolute Gasteiger partial charge is 0.480 e. The normalized spacial score (nSPS) is 16.1. The molecule has 3 rings (SSSR count). The van der Waals surface area contributed by atoms with Gasteiger partial charge in [0.05, 0.1) is 5.56 Å². The number of rotatable bonds is 4. The van der Waals surface area contributed by atoms with Gasteiger partial charge in [0.25, 0.3) is 5.91 Å². The number of carbonyl (C=O) groups is 2. The van der Waals surface area contributed by atoms with Crippen LogP contribution in [0.4, 0.5) is 4.39 Å². The van der Waals surface area contributed by atoms with Gasteiger partial charge in [0.15, 0.2) is 0 Å². The molecule has 0 bridgehead atoms. The number of ether oxygens (including phenoxy) is 1. The molecular formula is C20H20FNO4. The van der Waals surface area contributed by atoms with E-state index in [0.29, 0.717) is 5.56 Å². The van der Waals surface area contributed by atoms with Crippen LogP contribution in [0.2, 0.25) is 0 Å². The van der Waals surface area contributed by atoms with Gasteiger partial charge in [-0.25, -0.2) is 9.18 Å². The number of hydrogen-bond donors (Lipinski definition) is 2. The van der Waals surface area contributed by atoms with E-state index >= 15 is 0 Å². The molecule has 1 fully saturated rings. The lowest BCUT2D eigenvalue weighted by molar-refractivity contribution is -0.148. The van der Waals surface area contributed by atoms with Crippen LogP contribution >= 0.6 is 0 Å². The molecule has 5 nitrogen and oxygen atoms in total. The molecule has 2 aromatic rings. The average Bonchev–Trinajstić information content (AvgIpc) is 2.62. The van der Waals surface area contributed by atoms with Crippen LogP contribution in [0.1, 0.15) is 28.8 Å². The molecule has 0 unspecified atom stereocenters. The number of nitrogens with one attached hydrogen (secondary N) is 1. The Bertz CT molecular complexity index is 826. The van der Waals surface area contributed by atoms with Crippen molar-refractivity contribution in [2.75, 3.05) is 13.2 Å². The molecular weight excluding hydrogens is 337 g/mol. The van der Waals surface area contributed by atoms with Gasteiger partial charge in [-0.3, -0.25) is 4.79 Å². The first kappa shape index (κ1) is 18.1. The van der Waals surface area contributed by atoms with Crippen molar-refractivity contribution in [2.24, 2.45) is 0 Å². The van der Waals surface area contributed by atoms with Gasteiger partial charge in [0.2, 0.25) is 0 Å². The average molecular weight is 357 g/mol. The molecule has 0 spiro atoms. The Morgan fingerprint density at radius 1 is 1.08 bits per heavy atom. The topological polar surface area (TPSA) is 75.6 Å². The Balaban J connectivity index is 1.83. The minimum Gasteiger partial charge on any atom is -0.480 e. The molecule has 0 atom stereocenters. The number of aryl methyl sites for hydroxylation is 1. The third-order valence-corrected chi connectivity index (χ3v) is 4.71. The van der Waals surface area contributed by atoms with E-state index in [2.05, 4.69) is 5.32 Å². The van der Waals surface area contributed by atoms with E-state index in [9.17, 15) is 19.1 Å². The van der Waals surface area contributed by atoms with E-state index in [-0.39, 0.29) is 31.6 Å². The molecule has 0 saturated carbocycles. The number of aliphatic carboxylic acids is 1. The summed E-state index contributed by atoms with van der Waals surface area (Å²) in [5.74, 6) is -2.55. The fraction of sp³-hybridized carbons (Fsp3) is 0.300. The van der Waals surface area contributed by atoms with Crippen molar-refractivity contribution in [1.82, 2.24) is 5.32 Å². The summed E-state index contributed by atoms with van der Waals surface area (Å²) in [5, 5.41) is 12.0. The van der Waals surface area contributed by atoms with Crippen LogP contribution < -0.4 is 5.32 Å². The molecule has 2 aromatic carbocycles. The number of carboxylic acid groups (broad SMARTS) is 1. The minimum atomic E-state index is -1.42. The Kier molecular flexibility index (Phi) is 5.04. The summed E-state index contributed by atoms with van der Waals surface area (Å²) < 4.78 is 19.7. The Hall–Kier alpha value is -2.73. The van der Waals surface area contributed by atoms with Gasteiger partial charge in [-0.05, 0) is 30.2 Å². The molecule has 1 heterocycles. The summed E-state index contributed by atoms with van der Waals surface area (Å²) in [6.07, 6.45) is 0.300. The lowest BCUT2D eigenvalue weighted by Gasteiger charge is -2.33. The van der Waals surface area contributed by atoms with E-state index in [1.54, 1.807) is 6.07 Å². The molecule has 1 amide bonds. The molecule has 0 aliphatic carbocycles. The lowest BCUT2D eigenvalue weighted by Crippen LogP contribution is -2.57. The number of benzene rings is 2. The lowest BCUT2D eigenvalue weighted by atomic mass is 9.89. The molecule has 2 N–H and O–H groups in total. The summed E-state index contributed by atoms with van der Waals surface area (Å²) in [4.78, 5) is 24.1. The number of carboxylic acids is 1. The number of carbonyl (C=O) groups excluding carboxylic acids is 1. The Labute approximate surface area is 150 Å². The van der Waals surface area contributed by atoms with Gasteiger partial charge >= 0.3 is 5.97 Å². The summed E-state index contributed by atoms with van der Waals surface area (Å²) in [5.41, 5.74) is 0.997. The van der Waals surface area contributed by atoms with E-state index in [0.717, 1.165) is 11.1 Å². The predicted octanol–water partition coefficient (Wildman–Crippen LogP) is 3.16. The third-order valence-electron chi connectivity index (χ3n) is 4.71. The van der Waals surface area contributed by atoms with Gasteiger partial charge < -0.3 is 15.2 Å². The zero-order valence-electron chi connectivity index (χ0n) is 14.4. The smallest absolute Gasteiger partial charge is 0.329 e. The first-order chi connectivity index (χ1) is 12.4. The highest BCUT2D eigenvalue weighted by Crippen LogP contribution is 2.25. The van der Waals surface area contributed by atoms with Crippen molar-refractivity contribution in [1.29, 1.82) is 0 Å². The highest BCUT2D eigenvalue weighted by molar-refractivity contribution is 5.98. The monoisotopic (exact) mass is 357 g/mol. The summed E-state index contributed by atoms with van der Waals surface area (Å²) in [7, 11) is 0. The van der Waals surface area contributed by atoms with Crippen molar-refractivity contribution >= 4 is 11.9 Å². The maximum Gasteiger partial charge on any atom is 0.329 e. The molecule has 1 aliphatic heterocycles. The van der Waals surface area contributed by atoms with Gasteiger partial charge in [-0.2, -0.15) is 0 Å². The van der Waals surface area contributed by atoms with E-state index < -0.39 is 23.2 Å². The second-order valence-corrected chi connectivity index (χ2v) is 6.51. The second-order valence-electron chi connectivity index (χ2n) is 6.51. The molecule has 0 aromatic heterocycles. The first-order valence-corrected chi connectivity index (χ1v) is 8.41.